The van der Waals surface area contributed by atoms with Gasteiger partial charge in [0, 0.05) is 46.9 Å². The van der Waals surface area contributed by atoms with Crippen LogP contribution in [0.25, 0.3) is 0 Å². The molecule has 0 spiro atoms. The smallest absolute Gasteiger partial charge is 0.310 e. The molecule has 0 aliphatic heterocycles. The first-order valence-corrected chi connectivity index (χ1v) is 11.0. The number of nitro groups is 1. The van der Waals surface area contributed by atoms with Gasteiger partial charge in [0.25, 0.3) is 5.69 Å². The van der Waals surface area contributed by atoms with Crippen LogP contribution in [0.5, 0.6) is 0 Å². The molecular formula is C27H21NO6. The first kappa shape index (κ1) is 21.7. The van der Waals surface area contributed by atoms with Crippen LogP contribution in [0.3, 0.4) is 0 Å². The van der Waals surface area contributed by atoms with Crippen LogP contribution in [-0.2, 0) is 9.53 Å². The number of rotatable bonds is 5. The number of methoxy groups -OCH3 is 1. The van der Waals surface area contributed by atoms with E-state index in [2.05, 4.69) is 0 Å². The number of benzene rings is 3. The van der Waals surface area contributed by atoms with Crippen LogP contribution < -0.4 is 0 Å². The van der Waals surface area contributed by atoms with E-state index in [1.807, 2.05) is 30.3 Å². The highest BCUT2D eigenvalue weighted by molar-refractivity contribution is 6.09. The SMILES string of the molecule is COC(=O)C1C(C(=O)c2ccccc2)C(c2ccccc2)C2C(=O)c3cc([N+](=O)[O-])ccc3C12. The van der Waals surface area contributed by atoms with Crippen LogP contribution >= 0.6 is 0 Å². The summed E-state index contributed by atoms with van der Waals surface area (Å²) in [7, 11) is 1.27. The summed E-state index contributed by atoms with van der Waals surface area (Å²) in [6.45, 7) is 0. The van der Waals surface area contributed by atoms with Crippen molar-refractivity contribution < 1.29 is 24.0 Å². The second-order valence-electron chi connectivity index (χ2n) is 8.69. The first-order valence-electron chi connectivity index (χ1n) is 11.0. The average Bonchev–Trinajstić information content (AvgIpc) is 3.37. The molecule has 0 saturated heterocycles. The van der Waals surface area contributed by atoms with Gasteiger partial charge in [-0.1, -0.05) is 66.7 Å². The van der Waals surface area contributed by atoms with Gasteiger partial charge in [-0.2, -0.15) is 0 Å². The molecule has 34 heavy (non-hydrogen) atoms. The molecular weight excluding hydrogens is 434 g/mol. The third-order valence-electron chi connectivity index (χ3n) is 7.13. The number of hydrogen-bond acceptors (Lipinski definition) is 6. The zero-order valence-electron chi connectivity index (χ0n) is 18.3. The van der Waals surface area contributed by atoms with Crippen molar-refractivity contribution in [3.63, 3.8) is 0 Å². The van der Waals surface area contributed by atoms with E-state index in [1.54, 1.807) is 36.4 Å². The minimum Gasteiger partial charge on any atom is -0.469 e. The number of Topliss-reactive ketones (excluding diaryl/α,β-unsaturated/α-hetero) is 2. The van der Waals surface area contributed by atoms with Crippen LogP contribution in [-0.4, -0.2) is 29.6 Å². The summed E-state index contributed by atoms with van der Waals surface area (Å²) in [6.07, 6.45) is 0. The quantitative estimate of drug-likeness (QED) is 0.241. The number of fused-ring (bicyclic) bond motifs is 3. The molecule has 7 nitrogen and oxygen atoms in total. The molecule has 3 aromatic carbocycles. The van der Waals surface area contributed by atoms with Gasteiger partial charge in [-0.05, 0) is 11.1 Å². The first-order chi connectivity index (χ1) is 16.4. The summed E-state index contributed by atoms with van der Waals surface area (Å²) in [5.74, 6) is -4.70. The van der Waals surface area contributed by atoms with Crippen LogP contribution in [0.15, 0.2) is 78.9 Å². The molecule has 5 rings (SSSR count). The summed E-state index contributed by atoms with van der Waals surface area (Å²) >= 11 is 0. The number of nitro benzene ring substituents is 1. The molecule has 1 saturated carbocycles. The third kappa shape index (κ3) is 3.23. The number of hydrogen-bond donors (Lipinski definition) is 0. The fourth-order valence-electron chi connectivity index (χ4n) is 5.81. The van der Waals surface area contributed by atoms with Gasteiger partial charge in [0.15, 0.2) is 11.6 Å². The van der Waals surface area contributed by atoms with Gasteiger partial charge >= 0.3 is 5.97 Å². The minimum atomic E-state index is -0.903. The Hall–Kier alpha value is -4.13. The lowest BCUT2D eigenvalue weighted by Crippen LogP contribution is -2.32. The molecule has 0 N–H and O–H groups in total. The maximum Gasteiger partial charge on any atom is 0.310 e. The normalized spacial score (nSPS) is 24.9. The summed E-state index contributed by atoms with van der Waals surface area (Å²) in [4.78, 5) is 51.5. The van der Waals surface area contributed by atoms with E-state index >= 15 is 0 Å². The Morgan fingerprint density at radius 3 is 2.12 bits per heavy atom. The molecule has 0 amide bonds. The predicted molar refractivity (Wildman–Crippen MR) is 123 cm³/mol. The van der Waals surface area contributed by atoms with Gasteiger partial charge in [-0.3, -0.25) is 24.5 Å². The lowest BCUT2D eigenvalue weighted by atomic mass is 9.76. The van der Waals surface area contributed by atoms with Gasteiger partial charge in [0.1, 0.15) is 0 Å². The van der Waals surface area contributed by atoms with Gasteiger partial charge in [0.05, 0.1) is 18.0 Å². The average molecular weight is 455 g/mol. The van der Waals surface area contributed by atoms with Crippen LogP contribution in [0.1, 0.15) is 43.7 Å². The number of non-ortho nitro benzene ring substituents is 1. The van der Waals surface area contributed by atoms with E-state index in [4.69, 9.17) is 4.74 Å². The Kier molecular flexibility index (Phi) is 5.32. The molecule has 0 radical (unpaired) electrons. The van der Waals surface area contributed by atoms with E-state index in [1.165, 1.54) is 19.2 Å². The van der Waals surface area contributed by atoms with Crippen molar-refractivity contribution in [1.29, 1.82) is 0 Å². The minimum absolute atomic E-state index is 0.185. The van der Waals surface area contributed by atoms with Gasteiger partial charge in [-0.15, -0.1) is 0 Å². The number of ether oxygens (including phenoxy) is 1. The Morgan fingerprint density at radius 2 is 1.50 bits per heavy atom. The van der Waals surface area contributed by atoms with E-state index in [0.717, 1.165) is 5.56 Å². The Labute approximate surface area is 195 Å². The van der Waals surface area contributed by atoms with Crippen molar-refractivity contribution in [2.75, 3.05) is 7.11 Å². The van der Waals surface area contributed by atoms with Crippen molar-refractivity contribution in [2.45, 2.75) is 11.8 Å². The third-order valence-corrected chi connectivity index (χ3v) is 7.13. The highest BCUT2D eigenvalue weighted by atomic mass is 16.6. The molecule has 0 aromatic heterocycles. The molecule has 3 aromatic rings. The molecule has 7 heteroatoms. The van der Waals surface area contributed by atoms with Gasteiger partial charge in [-0.25, -0.2) is 0 Å². The van der Waals surface area contributed by atoms with Crippen molar-refractivity contribution in [1.82, 2.24) is 0 Å². The fraction of sp³-hybridized carbons (Fsp3) is 0.222. The Bertz CT molecular complexity index is 1300. The zero-order chi connectivity index (χ0) is 24.0. The van der Waals surface area contributed by atoms with Crippen LogP contribution in [0.4, 0.5) is 5.69 Å². The largest absolute Gasteiger partial charge is 0.469 e. The zero-order valence-corrected chi connectivity index (χ0v) is 18.3. The molecule has 2 aliphatic carbocycles. The van der Waals surface area contributed by atoms with Crippen molar-refractivity contribution in [3.05, 3.63) is 111 Å². The molecule has 0 heterocycles. The van der Waals surface area contributed by atoms with E-state index < -0.39 is 40.5 Å². The topological polar surface area (TPSA) is 104 Å². The van der Waals surface area contributed by atoms with Crippen molar-refractivity contribution in [2.24, 2.45) is 17.8 Å². The van der Waals surface area contributed by atoms with Gasteiger partial charge in [0.2, 0.25) is 0 Å². The van der Waals surface area contributed by atoms with E-state index in [9.17, 15) is 24.5 Å². The molecule has 5 unspecified atom stereocenters. The van der Waals surface area contributed by atoms with Crippen LogP contribution in [0, 0.1) is 27.9 Å². The summed E-state index contributed by atoms with van der Waals surface area (Å²) in [5.41, 5.74) is 1.84. The van der Waals surface area contributed by atoms with Crippen molar-refractivity contribution in [3.8, 4) is 0 Å². The highest BCUT2D eigenvalue weighted by Crippen LogP contribution is 2.61. The molecule has 2 aliphatic rings. The number of carbonyl (C=O) groups is 3. The standard InChI is InChI=1S/C27H21NO6/c1-34-27(31)24-21-18-13-12-17(28(32)33)14-19(18)26(30)22(21)20(15-8-4-2-5-9-15)23(24)25(29)16-10-6-3-7-11-16/h2-14,20-24H,1H3. The fourth-order valence-corrected chi connectivity index (χ4v) is 5.81. The number of esters is 1. The van der Waals surface area contributed by atoms with Crippen LogP contribution in [0.2, 0.25) is 0 Å². The van der Waals surface area contributed by atoms with Gasteiger partial charge < -0.3 is 4.74 Å². The Balaban J connectivity index is 1.73. The molecule has 5 atom stereocenters. The predicted octanol–water partition coefficient (Wildman–Crippen LogP) is 4.58. The lowest BCUT2D eigenvalue weighted by Gasteiger charge is -2.26. The lowest BCUT2D eigenvalue weighted by molar-refractivity contribution is -0.384. The monoisotopic (exact) mass is 455 g/mol. The summed E-state index contributed by atoms with van der Waals surface area (Å²) < 4.78 is 5.14. The number of carbonyl (C=O) groups excluding carboxylic acids is 3. The molecule has 0 bridgehead atoms. The molecule has 170 valence electrons. The number of nitrogens with zero attached hydrogens (tertiary/aromatic N) is 1. The second kappa shape index (κ2) is 8.33. The Morgan fingerprint density at radius 1 is 0.853 bits per heavy atom. The second-order valence-corrected chi connectivity index (χ2v) is 8.69. The number of ketones is 2. The summed E-state index contributed by atoms with van der Waals surface area (Å²) in [6, 6.07) is 22.1. The highest BCUT2D eigenvalue weighted by Gasteiger charge is 2.63. The maximum absolute atomic E-state index is 13.8. The molecule has 1 fully saturated rings. The summed E-state index contributed by atoms with van der Waals surface area (Å²) in [5, 5.41) is 11.3. The van der Waals surface area contributed by atoms with E-state index in [0.29, 0.717) is 11.1 Å². The maximum atomic E-state index is 13.8. The van der Waals surface area contributed by atoms with Crippen molar-refractivity contribution >= 4 is 23.2 Å². The van der Waals surface area contributed by atoms with E-state index in [-0.39, 0.29) is 22.8 Å².